The Morgan fingerprint density at radius 3 is 2.35 bits per heavy atom. The van der Waals surface area contributed by atoms with E-state index >= 15 is 0 Å². The average Bonchev–Trinajstić information content (AvgIpc) is 2.62. The number of hydrogen-bond acceptors (Lipinski definition) is 2. The molecule has 3 rings (SSSR count). The monoisotopic (exact) mass is 308 g/mol. The standard InChI is InChI=1S/C20H24N2O/c1-15(21)19-9-5-6-14-22(19)20(23)18-12-10-17(11-13-18)16-7-3-2-4-8-16/h2-4,7-8,10-13,15,19H,5-6,9,14,21H2,1H3. The number of amides is 1. The van der Waals surface area contributed by atoms with Crippen LogP contribution in [0.15, 0.2) is 54.6 Å². The van der Waals surface area contributed by atoms with Gasteiger partial charge in [0.2, 0.25) is 0 Å². The molecule has 2 atom stereocenters. The Hall–Kier alpha value is -2.13. The van der Waals surface area contributed by atoms with Crippen molar-refractivity contribution in [2.24, 2.45) is 5.73 Å². The number of carbonyl (C=O) groups excluding carboxylic acids is 1. The molecule has 0 spiro atoms. The van der Waals surface area contributed by atoms with Gasteiger partial charge in [0, 0.05) is 24.2 Å². The first-order valence-corrected chi connectivity index (χ1v) is 8.39. The number of hydrogen-bond donors (Lipinski definition) is 1. The lowest BCUT2D eigenvalue weighted by molar-refractivity contribution is 0.0584. The van der Waals surface area contributed by atoms with Crippen LogP contribution >= 0.6 is 0 Å². The highest BCUT2D eigenvalue weighted by atomic mass is 16.2. The lowest BCUT2D eigenvalue weighted by atomic mass is 9.95. The fraction of sp³-hybridized carbons (Fsp3) is 0.350. The Morgan fingerprint density at radius 1 is 1.04 bits per heavy atom. The van der Waals surface area contributed by atoms with Crippen LogP contribution in [0, 0.1) is 0 Å². The normalized spacial score (nSPS) is 19.4. The van der Waals surface area contributed by atoms with Gasteiger partial charge in [-0.2, -0.15) is 0 Å². The minimum atomic E-state index is 0.0165. The number of nitrogens with zero attached hydrogens (tertiary/aromatic N) is 1. The molecule has 0 aliphatic carbocycles. The first kappa shape index (κ1) is 15.8. The Morgan fingerprint density at radius 2 is 1.70 bits per heavy atom. The van der Waals surface area contributed by atoms with Crippen LogP contribution < -0.4 is 5.73 Å². The van der Waals surface area contributed by atoms with Crippen LogP contribution in [0.2, 0.25) is 0 Å². The molecule has 0 radical (unpaired) electrons. The molecule has 1 aliphatic heterocycles. The van der Waals surface area contributed by atoms with Crippen molar-refractivity contribution in [3.05, 3.63) is 60.2 Å². The fourth-order valence-corrected chi connectivity index (χ4v) is 3.36. The van der Waals surface area contributed by atoms with Crippen LogP contribution in [0.1, 0.15) is 36.5 Å². The van der Waals surface area contributed by atoms with Crippen LogP contribution in [-0.4, -0.2) is 29.4 Å². The molecule has 1 fully saturated rings. The van der Waals surface area contributed by atoms with Crippen LogP contribution in [0.4, 0.5) is 0 Å². The minimum Gasteiger partial charge on any atom is -0.334 e. The third kappa shape index (κ3) is 3.45. The number of piperidine rings is 1. The number of benzene rings is 2. The van der Waals surface area contributed by atoms with Crippen molar-refractivity contribution in [3.63, 3.8) is 0 Å². The van der Waals surface area contributed by atoms with Gasteiger partial charge in [0.25, 0.3) is 5.91 Å². The summed E-state index contributed by atoms with van der Waals surface area (Å²) in [4.78, 5) is 14.8. The van der Waals surface area contributed by atoms with E-state index in [1.54, 1.807) is 0 Å². The molecule has 2 unspecified atom stereocenters. The smallest absolute Gasteiger partial charge is 0.254 e. The maximum Gasteiger partial charge on any atom is 0.254 e. The SMILES string of the molecule is CC(N)C1CCCCN1C(=O)c1ccc(-c2ccccc2)cc1. The van der Waals surface area contributed by atoms with Gasteiger partial charge in [-0.1, -0.05) is 42.5 Å². The first-order valence-electron chi connectivity index (χ1n) is 8.39. The van der Waals surface area contributed by atoms with Gasteiger partial charge in [0.1, 0.15) is 0 Å². The van der Waals surface area contributed by atoms with Gasteiger partial charge in [0.15, 0.2) is 0 Å². The molecule has 0 saturated carbocycles. The van der Waals surface area contributed by atoms with E-state index < -0.39 is 0 Å². The van der Waals surface area contributed by atoms with Gasteiger partial charge in [-0.05, 0) is 49.4 Å². The van der Waals surface area contributed by atoms with Crippen LogP contribution in [-0.2, 0) is 0 Å². The molecule has 2 N–H and O–H groups in total. The Balaban J connectivity index is 1.80. The van der Waals surface area contributed by atoms with E-state index in [4.69, 9.17) is 5.73 Å². The van der Waals surface area contributed by atoms with Crippen LogP contribution in [0.3, 0.4) is 0 Å². The second kappa shape index (κ2) is 6.97. The molecule has 0 aromatic heterocycles. The van der Waals surface area contributed by atoms with Gasteiger partial charge in [-0.3, -0.25) is 4.79 Å². The lowest BCUT2D eigenvalue weighted by Gasteiger charge is -2.38. The Kier molecular flexibility index (Phi) is 4.77. The molecular formula is C20H24N2O. The largest absolute Gasteiger partial charge is 0.334 e. The minimum absolute atomic E-state index is 0.0165. The van der Waals surface area contributed by atoms with E-state index in [9.17, 15) is 4.79 Å². The van der Waals surface area contributed by atoms with Crippen molar-refractivity contribution in [2.45, 2.75) is 38.3 Å². The fourth-order valence-electron chi connectivity index (χ4n) is 3.36. The van der Waals surface area contributed by atoms with Crippen molar-refractivity contribution in [2.75, 3.05) is 6.54 Å². The number of carbonyl (C=O) groups is 1. The zero-order chi connectivity index (χ0) is 16.2. The van der Waals surface area contributed by atoms with Crippen LogP contribution in [0.5, 0.6) is 0 Å². The average molecular weight is 308 g/mol. The van der Waals surface area contributed by atoms with Crippen molar-refractivity contribution >= 4 is 5.91 Å². The molecule has 1 amide bonds. The van der Waals surface area contributed by atoms with E-state index in [0.717, 1.165) is 42.5 Å². The zero-order valence-electron chi connectivity index (χ0n) is 13.6. The molecular weight excluding hydrogens is 284 g/mol. The van der Waals surface area contributed by atoms with E-state index in [1.165, 1.54) is 0 Å². The van der Waals surface area contributed by atoms with Gasteiger partial charge >= 0.3 is 0 Å². The predicted molar refractivity (Wildman–Crippen MR) is 94.2 cm³/mol. The molecule has 120 valence electrons. The summed E-state index contributed by atoms with van der Waals surface area (Å²) in [7, 11) is 0. The molecule has 3 nitrogen and oxygen atoms in total. The summed E-state index contributed by atoms with van der Waals surface area (Å²) in [6, 6.07) is 18.3. The molecule has 1 saturated heterocycles. The van der Waals surface area contributed by atoms with Crippen LogP contribution in [0.25, 0.3) is 11.1 Å². The lowest BCUT2D eigenvalue weighted by Crippen LogP contribution is -2.51. The zero-order valence-corrected chi connectivity index (χ0v) is 13.6. The van der Waals surface area contributed by atoms with E-state index in [1.807, 2.05) is 54.3 Å². The molecule has 1 aliphatic rings. The quantitative estimate of drug-likeness (QED) is 0.940. The van der Waals surface area contributed by atoms with Gasteiger partial charge < -0.3 is 10.6 Å². The topological polar surface area (TPSA) is 46.3 Å². The van der Waals surface area contributed by atoms with E-state index in [-0.39, 0.29) is 18.0 Å². The Bertz CT molecular complexity index is 649. The molecule has 0 bridgehead atoms. The van der Waals surface area contributed by atoms with Crippen molar-refractivity contribution in [1.82, 2.24) is 4.90 Å². The summed E-state index contributed by atoms with van der Waals surface area (Å²) in [5.74, 6) is 0.103. The molecule has 23 heavy (non-hydrogen) atoms. The van der Waals surface area contributed by atoms with Crippen molar-refractivity contribution < 1.29 is 4.79 Å². The summed E-state index contributed by atoms with van der Waals surface area (Å²) in [6.45, 7) is 2.81. The number of likely N-dealkylation sites (tertiary alicyclic amines) is 1. The van der Waals surface area contributed by atoms with E-state index in [2.05, 4.69) is 12.1 Å². The van der Waals surface area contributed by atoms with Crippen molar-refractivity contribution in [3.8, 4) is 11.1 Å². The molecule has 1 heterocycles. The highest BCUT2D eigenvalue weighted by molar-refractivity contribution is 5.95. The van der Waals surface area contributed by atoms with E-state index in [0.29, 0.717) is 0 Å². The second-order valence-corrected chi connectivity index (χ2v) is 6.36. The maximum atomic E-state index is 12.8. The highest BCUT2D eigenvalue weighted by Gasteiger charge is 2.29. The summed E-state index contributed by atoms with van der Waals surface area (Å²) >= 11 is 0. The number of nitrogens with two attached hydrogens (primary N) is 1. The molecule has 3 heteroatoms. The molecule has 2 aromatic carbocycles. The summed E-state index contributed by atoms with van der Waals surface area (Å²) in [6.07, 6.45) is 3.23. The maximum absolute atomic E-state index is 12.8. The Labute approximate surface area is 138 Å². The van der Waals surface area contributed by atoms with Gasteiger partial charge in [-0.25, -0.2) is 0 Å². The first-order chi connectivity index (χ1) is 11.2. The van der Waals surface area contributed by atoms with Gasteiger partial charge in [-0.15, -0.1) is 0 Å². The number of rotatable bonds is 3. The third-order valence-electron chi connectivity index (χ3n) is 4.66. The summed E-state index contributed by atoms with van der Waals surface area (Å²) in [5.41, 5.74) is 9.12. The third-order valence-corrected chi connectivity index (χ3v) is 4.66. The van der Waals surface area contributed by atoms with Gasteiger partial charge in [0.05, 0.1) is 0 Å². The predicted octanol–water partition coefficient (Wildman–Crippen LogP) is 3.70. The summed E-state index contributed by atoms with van der Waals surface area (Å²) < 4.78 is 0. The summed E-state index contributed by atoms with van der Waals surface area (Å²) in [5, 5.41) is 0. The highest BCUT2D eigenvalue weighted by Crippen LogP contribution is 2.23. The second-order valence-electron chi connectivity index (χ2n) is 6.36. The molecule has 2 aromatic rings. The van der Waals surface area contributed by atoms with Crippen molar-refractivity contribution in [1.29, 1.82) is 0 Å².